The molecule has 0 aliphatic carbocycles. The lowest BCUT2D eigenvalue weighted by Crippen LogP contribution is -2.18. The quantitative estimate of drug-likeness (QED) is 0.512. The predicted octanol–water partition coefficient (Wildman–Crippen LogP) is -0.231. The molecule has 0 aromatic heterocycles. The molecule has 0 aromatic carbocycles. The Morgan fingerprint density at radius 1 is 2.00 bits per heavy atom. The molecule has 9 heavy (non-hydrogen) atoms. The summed E-state index contributed by atoms with van der Waals surface area (Å²) >= 11 is 1.37. The summed E-state index contributed by atoms with van der Waals surface area (Å²) < 4.78 is 0. The molecule has 5 heteroatoms. The molecule has 2 N–H and O–H groups in total. The highest BCUT2D eigenvalue weighted by Crippen LogP contribution is 2.12. The Kier molecular flexibility index (Phi) is 1.61. The SMILES string of the molecule is CC(=O)N1CSC(N)=N1. The lowest BCUT2D eigenvalue weighted by molar-refractivity contribution is -0.127. The Hall–Kier alpha value is -0.710. The van der Waals surface area contributed by atoms with Gasteiger partial charge in [0.05, 0.1) is 5.88 Å². The van der Waals surface area contributed by atoms with Crippen molar-refractivity contribution in [3.05, 3.63) is 0 Å². The second-order valence-corrected chi connectivity index (χ2v) is 2.60. The van der Waals surface area contributed by atoms with E-state index in [4.69, 9.17) is 5.73 Å². The van der Waals surface area contributed by atoms with Crippen LogP contribution < -0.4 is 5.73 Å². The lowest BCUT2D eigenvalue weighted by Gasteiger charge is -2.03. The van der Waals surface area contributed by atoms with Crippen molar-refractivity contribution in [2.24, 2.45) is 10.8 Å². The van der Waals surface area contributed by atoms with Crippen molar-refractivity contribution in [1.29, 1.82) is 0 Å². The van der Waals surface area contributed by atoms with E-state index in [1.807, 2.05) is 0 Å². The van der Waals surface area contributed by atoms with Gasteiger partial charge in [0.25, 0.3) is 0 Å². The van der Waals surface area contributed by atoms with Gasteiger partial charge in [-0.2, -0.15) is 0 Å². The smallest absolute Gasteiger partial charge is 0.240 e. The van der Waals surface area contributed by atoms with Gasteiger partial charge in [0.1, 0.15) is 0 Å². The molecule has 0 spiro atoms. The first kappa shape index (κ1) is 6.41. The second-order valence-electron chi connectivity index (χ2n) is 1.63. The second kappa shape index (κ2) is 2.26. The zero-order valence-corrected chi connectivity index (χ0v) is 5.81. The van der Waals surface area contributed by atoms with E-state index in [9.17, 15) is 4.79 Å². The van der Waals surface area contributed by atoms with E-state index in [0.29, 0.717) is 11.0 Å². The van der Waals surface area contributed by atoms with E-state index in [1.165, 1.54) is 23.7 Å². The van der Waals surface area contributed by atoms with Gasteiger partial charge in [-0.05, 0) is 0 Å². The molecule has 1 aliphatic heterocycles. The van der Waals surface area contributed by atoms with Gasteiger partial charge >= 0.3 is 0 Å². The number of amides is 1. The number of rotatable bonds is 0. The van der Waals surface area contributed by atoms with Gasteiger partial charge in [0.15, 0.2) is 5.17 Å². The maximum absolute atomic E-state index is 10.5. The maximum Gasteiger partial charge on any atom is 0.240 e. The van der Waals surface area contributed by atoms with Crippen LogP contribution in [0.15, 0.2) is 5.10 Å². The number of nitrogens with two attached hydrogens (primary N) is 1. The highest BCUT2D eigenvalue weighted by molar-refractivity contribution is 8.14. The number of hydrazone groups is 1. The number of hydrogen-bond acceptors (Lipinski definition) is 4. The van der Waals surface area contributed by atoms with E-state index >= 15 is 0 Å². The fourth-order valence-corrected chi connectivity index (χ4v) is 1.12. The fourth-order valence-electron chi connectivity index (χ4n) is 0.465. The Labute approximate surface area is 57.1 Å². The van der Waals surface area contributed by atoms with Crippen molar-refractivity contribution >= 4 is 22.8 Å². The summed E-state index contributed by atoms with van der Waals surface area (Å²) in [6.07, 6.45) is 0. The Morgan fingerprint density at radius 2 is 2.67 bits per heavy atom. The van der Waals surface area contributed by atoms with Crippen molar-refractivity contribution in [1.82, 2.24) is 5.01 Å². The summed E-state index contributed by atoms with van der Waals surface area (Å²) in [5.41, 5.74) is 5.28. The molecular weight excluding hydrogens is 138 g/mol. The summed E-state index contributed by atoms with van der Waals surface area (Å²) in [7, 11) is 0. The van der Waals surface area contributed by atoms with Crippen molar-refractivity contribution in [3.63, 3.8) is 0 Å². The van der Waals surface area contributed by atoms with Crippen molar-refractivity contribution in [2.45, 2.75) is 6.92 Å². The van der Waals surface area contributed by atoms with Gasteiger partial charge in [0.2, 0.25) is 5.91 Å². The topological polar surface area (TPSA) is 58.7 Å². The Morgan fingerprint density at radius 3 is 2.89 bits per heavy atom. The third-order valence-electron chi connectivity index (χ3n) is 0.917. The molecule has 0 saturated heterocycles. The summed E-state index contributed by atoms with van der Waals surface area (Å²) in [6.45, 7) is 1.46. The molecule has 1 heterocycles. The minimum atomic E-state index is -0.0667. The van der Waals surface area contributed by atoms with Gasteiger partial charge in [-0.15, -0.1) is 5.10 Å². The van der Waals surface area contributed by atoms with Crippen LogP contribution in [-0.4, -0.2) is 22.0 Å². The fraction of sp³-hybridized carbons (Fsp3) is 0.500. The minimum absolute atomic E-state index is 0.0667. The van der Waals surface area contributed by atoms with Gasteiger partial charge in [-0.3, -0.25) is 4.79 Å². The van der Waals surface area contributed by atoms with Crippen molar-refractivity contribution in [3.8, 4) is 0 Å². The number of nitrogens with zero attached hydrogens (tertiary/aromatic N) is 2. The predicted molar refractivity (Wildman–Crippen MR) is 36.6 cm³/mol. The largest absolute Gasteiger partial charge is 0.377 e. The van der Waals surface area contributed by atoms with Crippen LogP contribution in [0.1, 0.15) is 6.92 Å². The van der Waals surface area contributed by atoms with Gasteiger partial charge in [-0.25, -0.2) is 5.01 Å². The van der Waals surface area contributed by atoms with Crippen LogP contribution >= 0.6 is 11.8 Å². The van der Waals surface area contributed by atoms with Crippen LogP contribution in [0.25, 0.3) is 0 Å². The standard InChI is InChI=1S/C4H7N3OS/c1-3(8)7-2-9-4(5)6-7/h2H2,1H3,(H2,5,6). The molecule has 0 radical (unpaired) electrons. The van der Waals surface area contributed by atoms with Crippen LogP contribution in [0.2, 0.25) is 0 Å². The molecule has 0 saturated carbocycles. The molecule has 0 fully saturated rings. The number of carbonyl (C=O) groups excluding carboxylic acids is 1. The number of thioether (sulfide) groups is 1. The third kappa shape index (κ3) is 1.35. The van der Waals surface area contributed by atoms with E-state index < -0.39 is 0 Å². The molecule has 1 aliphatic rings. The highest BCUT2D eigenvalue weighted by Gasteiger charge is 2.14. The van der Waals surface area contributed by atoms with Crippen molar-refractivity contribution in [2.75, 3.05) is 5.88 Å². The van der Waals surface area contributed by atoms with Gasteiger partial charge < -0.3 is 5.73 Å². The molecular formula is C4H7N3OS. The van der Waals surface area contributed by atoms with E-state index in [-0.39, 0.29) is 5.91 Å². The van der Waals surface area contributed by atoms with E-state index in [2.05, 4.69) is 5.10 Å². The monoisotopic (exact) mass is 145 g/mol. The third-order valence-corrected chi connectivity index (χ3v) is 1.67. The molecule has 0 unspecified atom stereocenters. The first-order chi connectivity index (χ1) is 4.20. The summed E-state index contributed by atoms with van der Waals surface area (Å²) in [6, 6.07) is 0. The van der Waals surface area contributed by atoms with Crippen LogP contribution in [0.4, 0.5) is 0 Å². The van der Waals surface area contributed by atoms with Crippen LogP contribution in [0, 0.1) is 0 Å². The normalized spacial score (nSPS) is 17.9. The first-order valence-electron chi connectivity index (χ1n) is 2.45. The first-order valence-corrected chi connectivity index (χ1v) is 3.43. The van der Waals surface area contributed by atoms with Crippen molar-refractivity contribution < 1.29 is 4.79 Å². The Bertz CT molecular complexity index is 167. The zero-order valence-electron chi connectivity index (χ0n) is 5.00. The zero-order chi connectivity index (χ0) is 6.85. The lowest BCUT2D eigenvalue weighted by atomic mass is 10.7. The molecule has 0 bridgehead atoms. The van der Waals surface area contributed by atoms with Crippen LogP contribution in [-0.2, 0) is 4.79 Å². The molecule has 0 atom stereocenters. The maximum atomic E-state index is 10.5. The Balaban J connectivity index is 2.57. The highest BCUT2D eigenvalue weighted by atomic mass is 32.2. The van der Waals surface area contributed by atoms with Crippen LogP contribution in [0.5, 0.6) is 0 Å². The summed E-state index contributed by atoms with van der Waals surface area (Å²) in [5.74, 6) is 0.490. The molecule has 1 amide bonds. The van der Waals surface area contributed by atoms with E-state index in [1.54, 1.807) is 0 Å². The average molecular weight is 145 g/mol. The number of hydrogen-bond donors (Lipinski definition) is 1. The number of amidine groups is 1. The van der Waals surface area contributed by atoms with Gasteiger partial charge in [0, 0.05) is 6.92 Å². The van der Waals surface area contributed by atoms with Crippen LogP contribution in [0.3, 0.4) is 0 Å². The van der Waals surface area contributed by atoms with Gasteiger partial charge in [-0.1, -0.05) is 11.8 Å². The minimum Gasteiger partial charge on any atom is -0.377 e. The average Bonchev–Trinajstić information content (AvgIpc) is 2.14. The summed E-state index contributed by atoms with van der Waals surface area (Å²) in [5, 5.41) is 5.53. The number of carbonyl (C=O) groups is 1. The molecule has 1 rings (SSSR count). The molecule has 4 nitrogen and oxygen atoms in total. The summed E-state index contributed by atoms with van der Waals surface area (Å²) in [4.78, 5) is 10.5. The molecule has 50 valence electrons. The van der Waals surface area contributed by atoms with E-state index in [0.717, 1.165) is 0 Å². The molecule has 0 aromatic rings.